The van der Waals surface area contributed by atoms with Gasteiger partial charge in [-0.1, -0.05) is 25.8 Å². The quantitative estimate of drug-likeness (QED) is 0.179. The summed E-state index contributed by atoms with van der Waals surface area (Å²) in [5, 5.41) is 12.9. The molecule has 1 N–H and O–H groups in total. The largest absolute Gasteiger partial charge is 0.507 e. The molecule has 4 rings (SSSR count). The van der Waals surface area contributed by atoms with E-state index in [-0.39, 0.29) is 17.0 Å². The molecule has 176 valence electrons. The van der Waals surface area contributed by atoms with Crippen molar-refractivity contribution in [2.75, 3.05) is 11.5 Å². The summed E-state index contributed by atoms with van der Waals surface area (Å²) >= 11 is 1.28. The van der Waals surface area contributed by atoms with Gasteiger partial charge in [-0.05, 0) is 54.3 Å². The number of nitrogens with zero attached hydrogens (tertiary/aromatic N) is 1. The van der Waals surface area contributed by atoms with Crippen molar-refractivity contribution in [1.29, 1.82) is 0 Å². The van der Waals surface area contributed by atoms with Crippen LogP contribution in [0, 0.1) is 11.6 Å². The van der Waals surface area contributed by atoms with E-state index in [0.29, 0.717) is 22.8 Å². The van der Waals surface area contributed by atoms with Gasteiger partial charge in [0.15, 0.2) is 11.6 Å². The predicted octanol–water partition coefficient (Wildman–Crippen LogP) is 6.22. The van der Waals surface area contributed by atoms with Crippen molar-refractivity contribution in [3.63, 3.8) is 0 Å². The fourth-order valence-electron chi connectivity index (χ4n) is 3.86. The SMILES string of the molecule is CCCCCOc1ccc(/C(O)=C2/C(=O)C(=O)N(c3ccc(F)c(F)c3)C2c2cccs2)cc1. The molecule has 1 saturated heterocycles. The van der Waals surface area contributed by atoms with E-state index in [0.717, 1.165) is 36.3 Å². The highest BCUT2D eigenvalue weighted by molar-refractivity contribution is 7.10. The molecular formula is C26H23F2NO4S. The first-order valence-corrected chi connectivity index (χ1v) is 11.8. The highest BCUT2D eigenvalue weighted by Gasteiger charge is 2.47. The number of carbonyl (C=O) groups excluding carboxylic acids is 2. The lowest BCUT2D eigenvalue weighted by Gasteiger charge is -2.24. The molecule has 0 saturated carbocycles. The van der Waals surface area contributed by atoms with Crippen LogP contribution < -0.4 is 9.64 Å². The minimum atomic E-state index is -1.14. The highest BCUT2D eigenvalue weighted by Crippen LogP contribution is 2.43. The van der Waals surface area contributed by atoms with Crippen LogP contribution in [-0.4, -0.2) is 23.4 Å². The van der Waals surface area contributed by atoms with Gasteiger partial charge in [0.1, 0.15) is 17.6 Å². The Balaban J connectivity index is 1.72. The number of rotatable bonds is 8. The molecular weight excluding hydrogens is 460 g/mol. The van der Waals surface area contributed by atoms with E-state index < -0.39 is 29.4 Å². The van der Waals surface area contributed by atoms with Gasteiger partial charge in [0.05, 0.1) is 12.2 Å². The molecule has 3 aromatic rings. The van der Waals surface area contributed by atoms with Crippen molar-refractivity contribution in [2.24, 2.45) is 0 Å². The molecule has 1 unspecified atom stereocenters. The lowest BCUT2D eigenvalue weighted by molar-refractivity contribution is -0.132. The van der Waals surface area contributed by atoms with Crippen LogP contribution in [0.2, 0.25) is 0 Å². The molecule has 1 fully saturated rings. The number of benzene rings is 2. The van der Waals surface area contributed by atoms with Crippen LogP contribution in [0.3, 0.4) is 0 Å². The minimum absolute atomic E-state index is 0.0225. The van der Waals surface area contributed by atoms with Gasteiger partial charge in [0.2, 0.25) is 0 Å². The summed E-state index contributed by atoms with van der Waals surface area (Å²) in [4.78, 5) is 27.7. The molecule has 1 atom stereocenters. The molecule has 1 amide bonds. The summed E-state index contributed by atoms with van der Waals surface area (Å²) < 4.78 is 33.1. The van der Waals surface area contributed by atoms with Gasteiger partial charge in [0.25, 0.3) is 11.7 Å². The van der Waals surface area contributed by atoms with E-state index in [1.165, 1.54) is 17.4 Å². The second-order valence-corrected chi connectivity index (χ2v) is 8.84. The second kappa shape index (κ2) is 10.2. The van der Waals surface area contributed by atoms with Crippen LogP contribution >= 0.6 is 11.3 Å². The van der Waals surface area contributed by atoms with Crippen molar-refractivity contribution in [2.45, 2.75) is 32.2 Å². The Morgan fingerprint density at radius 1 is 1.06 bits per heavy atom. The number of amides is 1. The van der Waals surface area contributed by atoms with Gasteiger partial charge in [-0.2, -0.15) is 0 Å². The maximum Gasteiger partial charge on any atom is 0.300 e. The molecule has 0 bridgehead atoms. The van der Waals surface area contributed by atoms with Gasteiger partial charge in [-0.25, -0.2) is 8.78 Å². The van der Waals surface area contributed by atoms with Crippen molar-refractivity contribution in [3.05, 3.63) is 87.6 Å². The van der Waals surface area contributed by atoms with Gasteiger partial charge < -0.3 is 9.84 Å². The maximum absolute atomic E-state index is 13.9. The number of unbranched alkanes of at least 4 members (excludes halogenated alkanes) is 2. The summed E-state index contributed by atoms with van der Waals surface area (Å²) in [5.41, 5.74) is 0.244. The molecule has 0 aliphatic carbocycles. The van der Waals surface area contributed by atoms with E-state index in [1.54, 1.807) is 41.8 Å². The Hall–Kier alpha value is -3.52. The van der Waals surface area contributed by atoms with E-state index >= 15 is 0 Å². The smallest absolute Gasteiger partial charge is 0.300 e. The van der Waals surface area contributed by atoms with Crippen molar-refractivity contribution < 1.29 is 28.2 Å². The summed E-state index contributed by atoms with van der Waals surface area (Å²) in [6.45, 7) is 2.69. The molecule has 2 heterocycles. The van der Waals surface area contributed by atoms with Crippen LogP contribution in [0.15, 0.2) is 65.6 Å². The Labute approximate surface area is 199 Å². The molecule has 0 spiro atoms. The molecule has 1 aromatic heterocycles. The summed E-state index contributed by atoms with van der Waals surface area (Å²) in [5.74, 6) is -3.75. The second-order valence-electron chi connectivity index (χ2n) is 7.86. The summed E-state index contributed by atoms with van der Waals surface area (Å²) in [7, 11) is 0. The maximum atomic E-state index is 13.9. The van der Waals surface area contributed by atoms with Gasteiger partial charge in [-0.3, -0.25) is 14.5 Å². The third kappa shape index (κ3) is 4.59. The molecule has 2 aromatic carbocycles. The van der Waals surface area contributed by atoms with Crippen LogP contribution in [0.1, 0.15) is 42.7 Å². The summed E-state index contributed by atoms with van der Waals surface area (Å²) in [6.07, 6.45) is 3.09. The molecule has 8 heteroatoms. The number of carbonyl (C=O) groups is 2. The Morgan fingerprint density at radius 2 is 1.82 bits per heavy atom. The van der Waals surface area contributed by atoms with Crippen molar-refractivity contribution >= 4 is 34.5 Å². The normalized spacial score (nSPS) is 17.4. The number of aliphatic hydroxyl groups excluding tert-OH is 1. The van der Waals surface area contributed by atoms with Gasteiger partial charge >= 0.3 is 0 Å². The molecule has 1 aliphatic rings. The van der Waals surface area contributed by atoms with E-state index in [9.17, 15) is 23.5 Å². The number of anilines is 1. The Kier molecular flexibility index (Phi) is 7.07. The lowest BCUT2D eigenvalue weighted by atomic mass is 9.99. The zero-order chi connectivity index (χ0) is 24.2. The van der Waals surface area contributed by atoms with Crippen molar-refractivity contribution in [3.8, 4) is 5.75 Å². The standard InChI is InChI=1S/C26H23F2NO4S/c1-2-3-4-13-33-18-10-7-16(8-11-18)24(30)22-23(21-6-5-14-34-21)29(26(32)25(22)31)17-9-12-19(27)20(28)15-17/h5-12,14-15,23,30H,2-4,13H2,1H3/b24-22-. The Bertz CT molecular complexity index is 1220. The lowest BCUT2D eigenvalue weighted by Crippen LogP contribution is -2.29. The van der Waals surface area contributed by atoms with Crippen LogP contribution in [0.25, 0.3) is 5.76 Å². The van der Waals surface area contributed by atoms with Gasteiger partial charge in [0, 0.05) is 22.2 Å². The number of aliphatic hydroxyl groups is 1. The third-order valence-electron chi connectivity index (χ3n) is 5.58. The average Bonchev–Trinajstić information content (AvgIpc) is 3.46. The number of thiophene rings is 1. The van der Waals surface area contributed by atoms with Crippen LogP contribution in [0.4, 0.5) is 14.5 Å². The molecule has 5 nitrogen and oxygen atoms in total. The fourth-order valence-corrected chi connectivity index (χ4v) is 4.68. The molecule has 0 radical (unpaired) electrons. The zero-order valence-electron chi connectivity index (χ0n) is 18.5. The first-order valence-electron chi connectivity index (χ1n) is 10.9. The predicted molar refractivity (Wildman–Crippen MR) is 127 cm³/mol. The Morgan fingerprint density at radius 3 is 2.47 bits per heavy atom. The number of hydrogen-bond donors (Lipinski definition) is 1. The monoisotopic (exact) mass is 483 g/mol. The third-order valence-corrected chi connectivity index (χ3v) is 6.51. The highest BCUT2D eigenvalue weighted by atomic mass is 32.1. The molecule has 1 aliphatic heterocycles. The van der Waals surface area contributed by atoms with Crippen LogP contribution in [-0.2, 0) is 9.59 Å². The van der Waals surface area contributed by atoms with Crippen LogP contribution in [0.5, 0.6) is 5.75 Å². The number of Topliss-reactive ketones (excluding diaryl/α,β-unsaturated/α-hetero) is 1. The minimum Gasteiger partial charge on any atom is -0.507 e. The van der Waals surface area contributed by atoms with Gasteiger partial charge in [-0.15, -0.1) is 11.3 Å². The number of halogens is 2. The molecule has 34 heavy (non-hydrogen) atoms. The topological polar surface area (TPSA) is 66.8 Å². The van der Waals surface area contributed by atoms with E-state index in [1.807, 2.05) is 0 Å². The first kappa shape index (κ1) is 23.6. The van der Waals surface area contributed by atoms with E-state index in [4.69, 9.17) is 4.74 Å². The first-order chi connectivity index (χ1) is 16.4. The number of ketones is 1. The zero-order valence-corrected chi connectivity index (χ0v) is 19.3. The number of hydrogen-bond acceptors (Lipinski definition) is 5. The fraction of sp³-hybridized carbons (Fsp3) is 0.231. The average molecular weight is 484 g/mol. The van der Waals surface area contributed by atoms with E-state index in [2.05, 4.69) is 6.92 Å². The summed E-state index contributed by atoms with van der Waals surface area (Å²) in [6, 6.07) is 12.1. The number of ether oxygens (including phenoxy) is 1. The van der Waals surface area contributed by atoms with Crippen molar-refractivity contribution in [1.82, 2.24) is 0 Å².